The van der Waals surface area contributed by atoms with Crippen LogP contribution in [0.3, 0.4) is 0 Å². The molecule has 1 N–H and O–H groups in total. The van der Waals surface area contributed by atoms with Crippen LogP contribution in [0, 0.1) is 13.8 Å². The molecule has 0 spiro atoms. The predicted octanol–water partition coefficient (Wildman–Crippen LogP) is 5.22. The normalized spacial score (nSPS) is 10.2. The summed E-state index contributed by atoms with van der Waals surface area (Å²) in [5.41, 5.74) is 5.89. The van der Waals surface area contributed by atoms with E-state index in [0.29, 0.717) is 13.2 Å². The van der Waals surface area contributed by atoms with Gasteiger partial charge in [-0.3, -0.25) is 0 Å². The molecular formula is C22H27NO2. The summed E-state index contributed by atoms with van der Waals surface area (Å²) in [6, 6.07) is 10.5. The van der Waals surface area contributed by atoms with Crippen LogP contribution in [0.4, 0.5) is 5.69 Å². The van der Waals surface area contributed by atoms with Gasteiger partial charge < -0.3 is 14.8 Å². The third kappa shape index (κ3) is 4.90. The Bertz CT molecular complexity index is 750. The molecule has 2 rings (SSSR count). The van der Waals surface area contributed by atoms with Gasteiger partial charge in [-0.05, 0) is 61.2 Å². The molecule has 0 atom stereocenters. The first-order chi connectivity index (χ1) is 12.1. The van der Waals surface area contributed by atoms with E-state index in [1.165, 1.54) is 11.1 Å². The minimum atomic E-state index is 0.445. The number of benzene rings is 2. The molecule has 2 aromatic carbocycles. The molecule has 0 bridgehead atoms. The topological polar surface area (TPSA) is 30.5 Å². The second-order valence-electron chi connectivity index (χ2n) is 6.03. The second kappa shape index (κ2) is 8.97. The molecule has 0 aliphatic rings. The summed E-state index contributed by atoms with van der Waals surface area (Å²) in [5.74, 6) is 1.50. The Hall–Kier alpha value is -2.68. The number of rotatable bonds is 9. The van der Waals surface area contributed by atoms with Gasteiger partial charge in [0, 0.05) is 17.8 Å². The number of aryl methyl sites for hydroxylation is 2. The zero-order valence-electron chi connectivity index (χ0n) is 15.4. The average Bonchev–Trinajstić information content (AvgIpc) is 2.61. The first kappa shape index (κ1) is 18.7. The van der Waals surface area contributed by atoms with Crippen LogP contribution in [0.15, 0.2) is 55.6 Å². The standard InChI is InChI=1S/C22H27NO2/c1-6-8-19-13-18(14-21(24-5)22(19)25-11-7-2)15-23-20-10-9-16(3)17(4)12-20/h6-7,9-10,12-14,23H,1-2,8,11,15H2,3-5H3. The predicted molar refractivity (Wildman–Crippen MR) is 106 cm³/mol. The van der Waals surface area contributed by atoms with Gasteiger partial charge in [0.2, 0.25) is 0 Å². The summed E-state index contributed by atoms with van der Waals surface area (Å²) < 4.78 is 11.3. The van der Waals surface area contributed by atoms with Crippen LogP contribution in [-0.2, 0) is 13.0 Å². The van der Waals surface area contributed by atoms with E-state index >= 15 is 0 Å². The molecule has 3 nitrogen and oxygen atoms in total. The third-order valence-electron chi connectivity index (χ3n) is 4.12. The lowest BCUT2D eigenvalue weighted by Crippen LogP contribution is -2.05. The maximum atomic E-state index is 5.80. The fraction of sp³-hybridized carbons (Fsp3) is 0.273. The first-order valence-electron chi connectivity index (χ1n) is 8.44. The minimum absolute atomic E-state index is 0.445. The number of allylic oxidation sites excluding steroid dienone is 1. The molecule has 0 aliphatic heterocycles. The number of hydrogen-bond acceptors (Lipinski definition) is 3. The number of methoxy groups -OCH3 is 1. The fourth-order valence-corrected chi connectivity index (χ4v) is 2.65. The van der Waals surface area contributed by atoms with Crippen LogP contribution in [0.25, 0.3) is 0 Å². The fourth-order valence-electron chi connectivity index (χ4n) is 2.65. The summed E-state index contributed by atoms with van der Waals surface area (Å²) in [6.45, 7) is 12.9. The van der Waals surface area contributed by atoms with Gasteiger partial charge in [-0.2, -0.15) is 0 Å². The van der Waals surface area contributed by atoms with E-state index in [2.05, 4.69) is 56.6 Å². The van der Waals surface area contributed by atoms with Crippen LogP contribution in [0.2, 0.25) is 0 Å². The Morgan fingerprint density at radius 3 is 2.48 bits per heavy atom. The lowest BCUT2D eigenvalue weighted by molar-refractivity contribution is 0.323. The molecule has 2 aromatic rings. The van der Waals surface area contributed by atoms with E-state index < -0.39 is 0 Å². The number of hydrogen-bond donors (Lipinski definition) is 1. The van der Waals surface area contributed by atoms with Gasteiger partial charge in [0.15, 0.2) is 11.5 Å². The van der Waals surface area contributed by atoms with E-state index in [9.17, 15) is 0 Å². The minimum Gasteiger partial charge on any atom is -0.493 e. The summed E-state index contributed by atoms with van der Waals surface area (Å²) in [4.78, 5) is 0. The van der Waals surface area contributed by atoms with Gasteiger partial charge in [-0.1, -0.05) is 24.8 Å². The lowest BCUT2D eigenvalue weighted by Gasteiger charge is -2.16. The number of anilines is 1. The lowest BCUT2D eigenvalue weighted by atomic mass is 10.0. The molecule has 0 radical (unpaired) electrons. The smallest absolute Gasteiger partial charge is 0.165 e. The van der Waals surface area contributed by atoms with Crippen molar-refractivity contribution in [1.29, 1.82) is 0 Å². The summed E-state index contributed by atoms with van der Waals surface area (Å²) >= 11 is 0. The molecule has 0 aliphatic carbocycles. The Balaban J connectivity index is 2.24. The van der Waals surface area contributed by atoms with E-state index in [-0.39, 0.29) is 0 Å². The first-order valence-corrected chi connectivity index (χ1v) is 8.44. The van der Waals surface area contributed by atoms with Crippen LogP contribution >= 0.6 is 0 Å². The highest BCUT2D eigenvalue weighted by atomic mass is 16.5. The van der Waals surface area contributed by atoms with Crippen LogP contribution in [0.1, 0.15) is 22.3 Å². The third-order valence-corrected chi connectivity index (χ3v) is 4.12. The van der Waals surface area contributed by atoms with Crippen molar-refractivity contribution >= 4 is 5.69 Å². The Labute approximate surface area is 151 Å². The molecule has 3 heteroatoms. The monoisotopic (exact) mass is 337 g/mol. The van der Waals surface area contributed by atoms with Crippen molar-refractivity contribution in [3.8, 4) is 11.5 Å². The van der Waals surface area contributed by atoms with Gasteiger partial charge in [-0.15, -0.1) is 6.58 Å². The van der Waals surface area contributed by atoms with E-state index in [4.69, 9.17) is 9.47 Å². The Morgan fingerprint density at radius 1 is 1.04 bits per heavy atom. The molecule has 25 heavy (non-hydrogen) atoms. The molecule has 0 unspecified atom stereocenters. The average molecular weight is 337 g/mol. The van der Waals surface area contributed by atoms with E-state index in [0.717, 1.165) is 34.7 Å². The van der Waals surface area contributed by atoms with Gasteiger partial charge in [0.25, 0.3) is 0 Å². The van der Waals surface area contributed by atoms with Crippen molar-refractivity contribution in [1.82, 2.24) is 0 Å². The molecule has 0 aromatic heterocycles. The number of ether oxygens (including phenoxy) is 2. The van der Waals surface area contributed by atoms with Crippen LogP contribution in [0.5, 0.6) is 11.5 Å². The van der Waals surface area contributed by atoms with Gasteiger partial charge in [-0.25, -0.2) is 0 Å². The molecule has 0 heterocycles. The van der Waals surface area contributed by atoms with Crippen LogP contribution in [-0.4, -0.2) is 13.7 Å². The van der Waals surface area contributed by atoms with E-state index in [1.807, 2.05) is 12.1 Å². The number of nitrogens with one attached hydrogen (secondary N) is 1. The highest BCUT2D eigenvalue weighted by molar-refractivity contribution is 5.52. The van der Waals surface area contributed by atoms with Crippen molar-refractivity contribution in [2.45, 2.75) is 26.8 Å². The van der Waals surface area contributed by atoms with Crippen molar-refractivity contribution in [2.75, 3.05) is 19.0 Å². The molecule has 0 saturated heterocycles. The summed E-state index contributed by atoms with van der Waals surface area (Å²) in [6.07, 6.45) is 4.32. The molecule has 132 valence electrons. The molecule has 0 amide bonds. The van der Waals surface area contributed by atoms with Gasteiger partial charge in [0.1, 0.15) is 6.61 Å². The Kier molecular flexibility index (Phi) is 6.70. The molecule has 0 saturated carbocycles. The van der Waals surface area contributed by atoms with Crippen LogP contribution < -0.4 is 14.8 Å². The van der Waals surface area contributed by atoms with Gasteiger partial charge in [0.05, 0.1) is 7.11 Å². The van der Waals surface area contributed by atoms with Crippen molar-refractivity contribution in [2.24, 2.45) is 0 Å². The molecule has 0 fully saturated rings. The second-order valence-corrected chi connectivity index (χ2v) is 6.03. The summed E-state index contributed by atoms with van der Waals surface area (Å²) in [7, 11) is 1.66. The largest absolute Gasteiger partial charge is 0.493 e. The summed E-state index contributed by atoms with van der Waals surface area (Å²) in [5, 5.41) is 3.47. The van der Waals surface area contributed by atoms with Crippen molar-refractivity contribution in [3.05, 3.63) is 77.9 Å². The zero-order chi connectivity index (χ0) is 18.2. The SMILES string of the molecule is C=CCOc1c(CC=C)cc(CNc2ccc(C)c(C)c2)cc1OC. The quantitative estimate of drug-likeness (QED) is 0.637. The van der Waals surface area contributed by atoms with Crippen molar-refractivity contribution < 1.29 is 9.47 Å². The highest BCUT2D eigenvalue weighted by Crippen LogP contribution is 2.34. The maximum absolute atomic E-state index is 5.80. The Morgan fingerprint density at radius 2 is 1.84 bits per heavy atom. The van der Waals surface area contributed by atoms with Crippen molar-refractivity contribution in [3.63, 3.8) is 0 Å². The van der Waals surface area contributed by atoms with E-state index in [1.54, 1.807) is 13.2 Å². The maximum Gasteiger partial charge on any atom is 0.165 e. The van der Waals surface area contributed by atoms with Gasteiger partial charge >= 0.3 is 0 Å². The highest BCUT2D eigenvalue weighted by Gasteiger charge is 2.12. The zero-order valence-corrected chi connectivity index (χ0v) is 15.4. The molecular weight excluding hydrogens is 310 g/mol.